The molecule has 0 aliphatic carbocycles. The standard InChI is InChI=1S/C30H26O10/c1-35-25-21(29(33)39-5)13-17-11-15(27(31)37-3)7-9-19(17)23(25)24-20-10-8-16(28(32)38-4)12-18(20)14-22(26(24)36-2)30(34)40-6/h7-14H,1-6H3. The molecule has 0 bridgehead atoms. The molecule has 10 heteroatoms. The van der Waals surface area contributed by atoms with Crippen LogP contribution in [-0.4, -0.2) is 66.5 Å². The van der Waals surface area contributed by atoms with Gasteiger partial charge < -0.3 is 28.4 Å². The van der Waals surface area contributed by atoms with Crippen molar-refractivity contribution in [2.75, 3.05) is 42.7 Å². The summed E-state index contributed by atoms with van der Waals surface area (Å²) in [5, 5.41) is 2.11. The summed E-state index contributed by atoms with van der Waals surface area (Å²) in [4.78, 5) is 50.5. The van der Waals surface area contributed by atoms with Crippen LogP contribution < -0.4 is 9.47 Å². The molecular weight excluding hydrogens is 520 g/mol. The number of hydrogen-bond donors (Lipinski definition) is 0. The lowest BCUT2D eigenvalue weighted by molar-refractivity contribution is 0.0588. The largest absolute Gasteiger partial charge is 0.495 e. The van der Waals surface area contributed by atoms with Crippen LogP contribution in [0.1, 0.15) is 41.4 Å². The quantitative estimate of drug-likeness (QED) is 0.235. The van der Waals surface area contributed by atoms with Gasteiger partial charge >= 0.3 is 23.9 Å². The molecule has 40 heavy (non-hydrogen) atoms. The number of carbonyl (C=O) groups is 4. The minimum Gasteiger partial charge on any atom is -0.495 e. The number of methoxy groups -OCH3 is 6. The van der Waals surface area contributed by atoms with Gasteiger partial charge in [0, 0.05) is 11.1 Å². The number of esters is 4. The SMILES string of the molecule is COC(=O)c1ccc2c(-c3c(OC)c(C(=O)OC)cc4cc(C(=O)OC)ccc34)c(OC)c(C(=O)OC)cc2c1. The fourth-order valence-corrected chi connectivity index (χ4v) is 4.71. The van der Waals surface area contributed by atoms with Gasteiger partial charge in [-0.15, -0.1) is 0 Å². The molecule has 0 heterocycles. The van der Waals surface area contributed by atoms with Gasteiger partial charge in [-0.05, 0) is 57.9 Å². The van der Waals surface area contributed by atoms with Crippen LogP contribution in [0.15, 0.2) is 48.5 Å². The smallest absolute Gasteiger partial charge is 0.341 e. The molecule has 0 spiro atoms. The van der Waals surface area contributed by atoms with Crippen LogP contribution in [0.2, 0.25) is 0 Å². The van der Waals surface area contributed by atoms with E-state index in [0.29, 0.717) is 32.7 Å². The van der Waals surface area contributed by atoms with E-state index in [2.05, 4.69) is 0 Å². The molecule has 0 atom stereocenters. The third-order valence-corrected chi connectivity index (χ3v) is 6.50. The molecule has 0 aliphatic heterocycles. The molecule has 4 aromatic rings. The van der Waals surface area contributed by atoms with Crippen molar-refractivity contribution < 1.29 is 47.6 Å². The Morgan fingerprint density at radius 3 is 1.12 bits per heavy atom. The van der Waals surface area contributed by atoms with Crippen molar-refractivity contribution in [2.45, 2.75) is 0 Å². The molecular formula is C30H26O10. The normalized spacial score (nSPS) is 10.7. The minimum atomic E-state index is -0.691. The van der Waals surface area contributed by atoms with E-state index >= 15 is 0 Å². The molecule has 4 aromatic carbocycles. The number of rotatable bonds is 7. The van der Waals surface area contributed by atoms with Crippen molar-refractivity contribution in [2.24, 2.45) is 0 Å². The van der Waals surface area contributed by atoms with Crippen molar-refractivity contribution in [1.29, 1.82) is 0 Å². The number of benzene rings is 4. The van der Waals surface area contributed by atoms with Gasteiger partial charge in [0.2, 0.25) is 0 Å². The predicted molar refractivity (Wildman–Crippen MR) is 145 cm³/mol. The Morgan fingerprint density at radius 2 is 0.825 bits per heavy atom. The van der Waals surface area contributed by atoms with Gasteiger partial charge in [-0.1, -0.05) is 12.1 Å². The summed E-state index contributed by atoms with van der Waals surface area (Å²) in [6, 6.07) is 12.7. The molecule has 0 aliphatic rings. The van der Waals surface area contributed by atoms with Crippen LogP contribution in [0.3, 0.4) is 0 Å². The molecule has 0 aromatic heterocycles. The summed E-state index contributed by atoms with van der Waals surface area (Å²) in [6.45, 7) is 0. The number of hydrogen-bond acceptors (Lipinski definition) is 10. The lowest BCUT2D eigenvalue weighted by Gasteiger charge is -2.21. The zero-order chi connectivity index (χ0) is 29.1. The van der Waals surface area contributed by atoms with Crippen molar-refractivity contribution in [1.82, 2.24) is 0 Å². The Balaban J connectivity index is 2.27. The first-order chi connectivity index (χ1) is 19.2. The molecule has 0 amide bonds. The Hall–Kier alpha value is -5.12. The van der Waals surface area contributed by atoms with Crippen LogP contribution in [0, 0.1) is 0 Å². The first-order valence-corrected chi connectivity index (χ1v) is 11.9. The highest BCUT2D eigenvalue weighted by Crippen LogP contribution is 2.49. The molecule has 0 saturated heterocycles. The third kappa shape index (κ3) is 4.64. The molecule has 4 rings (SSSR count). The van der Waals surface area contributed by atoms with E-state index in [9.17, 15) is 19.2 Å². The average molecular weight is 547 g/mol. The van der Waals surface area contributed by atoms with Crippen molar-refractivity contribution in [3.63, 3.8) is 0 Å². The van der Waals surface area contributed by atoms with Gasteiger partial charge in [0.05, 0.1) is 53.8 Å². The fraction of sp³-hybridized carbons (Fsp3) is 0.200. The highest BCUT2D eigenvalue weighted by Gasteiger charge is 2.29. The molecule has 0 saturated carbocycles. The summed E-state index contributed by atoms with van der Waals surface area (Å²) in [5.74, 6) is -2.23. The van der Waals surface area contributed by atoms with Gasteiger partial charge in [-0.3, -0.25) is 0 Å². The van der Waals surface area contributed by atoms with E-state index in [-0.39, 0.29) is 33.8 Å². The van der Waals surface area contributed by atoms with Gasteiger partial charge in [0.25, 0.3) is 0 Å². The Morgan fingerprint density at radius 1 is 0.475 bits per heavy atom. The summed E-state index contributed by atoms with van der Waals surface area (Å²) in [5.41, 5.74) is 1.42. The highest BCUT2D eigenvalue weighted by molar-refractivity contribution is 6.17. The fourth-order valence-electron chi connectivity index (χ4n) is 4.71. The van der Waals surface area contributed by atoms with Crippen LogP contribution in [0.25, 0.3) is 32.7 Å². The second-order valence-corrected chi connectivity index (χ2v) is 8.50. The van der Waals surface area contributed by atoms with Crippen LogP contribution >= 0.6 is 0 Å². The molecule has 206 valence electrons. The van der Waals surface area contributed by atoms with Crippen molar-refractivity contribution >= 4 is 45.4 Å². The van der Waals surface area contributed by atoms with E-state index in [4.69, 9.17) is 28.4 Å². The second kappa shape index (κ2) is 11.3. The summed E-state index contributed by atoms with van der Waals surface area (Å²) in [6.07, 6.45) is 0. The van der Waals surface area contributed by atoms with Gasteiger partial charge in [0.15, 0.2) is 0 Å². The monoisotopic (exact) mass is 546 g/mol. The minimum absolute atomic E-state index is 0.0689. The van der Waals surface area contributed by atoms with Crippen LogP contribution in [-0.2, 0) is 18.9 Å². The zero-order valence-corrected chi connectivity index (χ0v) is 22.7. The Bertz CT molecular complexity index is 1560. The van der Waals surface area contributed by atoms with E-state index < -0.39 is 23.9 Å². The van der Waals surface area contributed by atoms with Crippen LogP contribution in [0.5, 0.6) is 11.5 Å². The molecule has 0 N–H and O–H groups in total. The molecule has 0 unspecified atom stereocenters. The second-order valence-electron chi connectivity index (χ2n) is 8.50. The lowest BCUT2D eigenvalue weighted by atomic mass is 9.87. The third-order valence-electron chi connectivity index (χ3n) is 6.50. The van der Waals surface area contributed by atoms with Gasteiger partial charge in [-0.2, -0.15) is 0 Å². The van der Waals surface area contributed by atoms with E-state index in [1.807, 2.05) is 0 Å². The van der Waals surface area contributed by atoms with Gasteiger partial charge in [-0.25, -0.2) is 19.2 Å². The van der Waals surface area contributed by atoms with E-state index in [1.54, 1.807) is 48.5 Å². The maximum atomic E-state index is 12.9. The molecule has 0 radical (unpaired) electrons. The number of fused-ring (bicyclic) bond motifs is 2. The molecule has 10 nitrogen and oxygen atoms in total. The maximum absolute atomic E-state index is 12.9. The van der Waals surface area contributed by atoms with Crippen molar-refractivity contribution in [3.8, 4) is 22.6 Å². The number of ether oxygens (including phenoxy) is 6. The first-order valence-electron chi connectivity index (χ1n) is 11.9. The van der Waals surface area contributed by atoms with E-state index in [1.165, 1.54) is 42.7 Å². The average Bonchev–Trinajstić information content (AvgIpc) is 3.00. The van der Waals surface area contributed by atoms with Crippen molar-refractivity contribution in [3.05, 3.63) is 70.8 Å². The maximum Gasteiger partial charge on any atom is 0.341 e. The number of carbonyl (C=O) groups excluding carboxylic acids is 4. The van der Waals surface area contributed by atoms with E-state index in [0.717, 1.165) is 0 Å². The van der Waals surface area contributed by atoms with Crippen LogP contribution in [0.4, 0.5) is 0 Å². The lowest BCUT2D eigenvalue weighted by Crippen LogP contribution is -2.09. The summed E-state index contributed by atoms with van der Waals surface area (Å²) >= 11 is 0. The topological polar surface area (TPSA) is 124 Å². The van der Waals surface area contributed by atoms with Gasteiger partial charge in [0.1, 0.15) is 22.6 Å². The Kier molecular flexibility index (Phi) is 7.90. The summed E-state index contributed by atoms with van der Waals surface area (Å²) < 4.78 is 31.3. The summed E-state index contributed by atoms with van der Waals surface area (Å²) in [7, 11) is 7.80. The Labute approximate surface area is 229 Å². The highest BCUT2D eigenvalue weighted by atomic mass is 16.5. The predicted octanol–water partition coefficient (Wildman–Crippen LogP) is 4.82. The zero-order valence-electron chi connectivity index (χ0n) is 22.7. The molecule has 0 fully saturated rings. The first kappa shape index (κ1) is 27.9.